The van der Waals surface area contributed by atoms with Gasteiger partial charge in [0, 0.05) is 25.4 Å². The van der Waals surface area contributed by atoms with Crippen LogP contribution in [0.3, 0.4) is 0 Å². The van der Waals surface area contributed by atoms with E-state index in [2.05, 4.69) is 10.1 Å². The predicted octanol–water partition coefficient (Wildman–Crippen LogP) is 1.41. The minimum Gasteiger partial charge on any atom is -0.421 e. The number of aliphatic hydroxyl groups excluding tert-OH is 1. The van der Waals surface area contributed by atoms with E-state index in [9.17, 15) is 0 Å². The predicted molar refractivity (Wildman–Crippen MR) is 58.2 cm³/mol. The van der Waals surface area contributed by atoms with Crippen LogP contribution in [-0.4, -0.2) is 19.9 Å². The lowest BCUT2D eigenvalue weighted by Crippen LogP contribution is -1.96. The Hall–Kier alpha value is -1.88. The lowest BCUT2D eigenvalue weighted by Gasteiger charge is -2.04. The summed E-state index contributed by atoms with van der Waals surface area (Å²) in [6, 6.07) is 5.32. The zero-order valence-corrected chi connectivity index (χ0v) is 9.21. The van der Waals surface area contributed by atoms with Crippen molar-refractivity contribution in [3.63, 3.8) is 0 Å². The number of aryl methyl sites for hydroxylation is 2. The van der Waals surface area contributed by atoms with E-state index < -0.39 is 0 Å². The summed E-state index contributed by atoms with van der Waals surface area (Å²) in [6.45, 7) is 1.88. The van der Waals surface area contributed by atoms with Crippen molar-refractivity contribution in [2.24, 2.45) is 7.05 Å². The lowest BCUT2D eigenvalue weighted by molar-refractivity contribution is 0.281. The molecule has 0 atom stereocenters. The molecule has 0 aliphatic carbocycles. The molecular weight excluding hydrogens is 206 g/mol. The van der Waals surface area contributed by atoms with Crippen LogP contribution in [0, 0.1) is 6.92 Å². The van der Waals surface area contributed by atoms with Gasteiger partial charge in [-0.15, -0.1) is 0 Å². The second kappa shape index (κ2) is 4.32. The smallest absolute Gasteiger partial charge is 0.221 e. The third-order valence-corrected chi connectivity index (χ3v) is 2.15. The second-order valence-corrected chi connectivity index (χ2v) is 3.51. The molecule has 0 aliphatic heterocycles. The highest BCUT2D eigenvalue weighted by Crippen LogP contribution is 2.19. The van der Waals surface area contributed by atoms with Gasteiger partial charge in [0.1, 0.15) is 0 Å². The third-order valence-electron chi connectivity index (χ3n) is 2.15. The van der Waals surface area contributed by atoms with Crippen molar-refractivity contribution in [1.29, 1.82) is 0 Å². The van der Waals surface area contributed by atoms with Gasteiger partial charge < -0.3 is 9.84 Å². The molecule has 2 aromatic rings. The van der Waals surface area contributed by atoms with E-state index in [0.717, 1.165) is 11.3 Å². The molecule has 5 heteroatoms. The van der Waals surface area contributed by atoms with Gasteiger partial charge in [-0.25, -0.2) is 9.67 Å². The Morgan fingerprint density at radius 2 is 2.25 bits per heavy atom. The summed E-state index contributed by atoms with van der Waals surface area (Å²) in [6.07, 6.45) is 1.58. The molecule has 0 aliphatic rings. The molecule has 0 bridgehead atoms. The molecule has 0 unspecified atom stereocenters. The number of rotatable bonds is 3. The van der Waals surface area contributed by atoms with Crippen LogP contribution in [0.4, 0.5) is 0 Å². The van der Waals surface area contributed by atoms with Crippen LogP contribution in [0.2, 0.25) is 0 Å². The molecular formula is C11H13N3O2. The highest BCUT2D eigenvalue weighted by atomic mass is 16.5. The van der Waals surface area contributed by atoms with Crippen molar-refractivity contribution in [3.05, 3.63) is 35.7 Å². The Balaban J connectivity index is 2.17. The maximum atomic E-state index is 8.87. The highest BCUT2D eigenvalue weighted by molar-refractivity contribution is 5.23. The first kappa shape index (κ1) is 10.6. The molecule has 0 fully saturated rings. The van der Waals surface area contributed by atoms with Crippen LogP contribution in [0.15, 0.2) is 24.4 Å². The van der Waals surface area contributed by atoms with Crippen molar-refractivity contribution in [1.82, 2.24) is 14.8 Å². The molecule has 2 rings (SSSR count). The first-order valence-corrected chi connectivity index (χ1v) is 4.93. The number of pyridine rings is 1. The Morgan fingerprint density at radius 3 is 2.75 bits per heavy atom. The van der Waals surface area contributed by atoms with Crippen molar-refractivity contribution in [2.75, 3.05) is 0 Å². The third kappa shape index (κ3) is 2.20. The molecule has 0 spiro atoms. The summed E-state index contributed by atoms with van der Waals surface area (Å²) >= 11 is 0. The molecule has 2 aromatic heterocycles. The average Bonchev–Trinajstić information content (AvgIpc) is 2.59. The Labute approximate surface area is 93.3 Å². The van der Waals surface area contributed by atoms with Crippen molar-refractivity contribution < 1.29 is 9.84 Å². The van der Waals surface area contributed by atoms with E-state index in [-0.39, 0.29) is 6.61 Å². The fraction of sp³-hybridized carbons (Fsp3) is 0.273. The van der Waals surface area contributed by atoms with Gasteiger partial charge in [0.05, 0.1) is 12.3 Å². The zero-order chi connectivity index (χ0) is 11.5. The maximum absolute atomic E-state index is 8.87. The lowest BCUT2D eigenvalue weighted by atomic mass is 10.3. The molecule has 16 heavy (non-hydrogen) atoms. The second-order valence-electron chi connectivity index (χ2n) is 3.51. The van der Waals surface area contributed by atoms with Crippen LogP contribution in [-0.2, 0) is 13.7 Å². The summed E-state index contributed by atoms with van der Waals surface area (Å²) in [4.78, 5) is 4.07. The minimum atomic E-state index is -0.0158. The number of hydrogen-bond acceptors (Lipinski definition) is 4. The molecule has 5 nitrogen and oxygen atoms in total. The largest absolute Gasteiger partial charge is 0.421 e. The van der Waals surface area contributed by atoms with E-state index in [4.69, 9.17) is 9.84 Å². The van der Waals surface area contributed by atoms with E-state index in [1.54, 1.807) is 23.0 Å². The molecule has 0 saturated carbocycles. The Kier molecular flexibility index (Phi) is 2.87. The maximum Gasteiger partial charge on any atom is 0.221 e. The molecule has 0 amide bonds. The number of aliphatic hydroxyl groups is 1. The van der Waals surface area contributed by atoms with Gasteiger partial charge in [-0.05, 0) is 18.6 Å². The van der Waals surface area contributed by atoms with Crippen LogP contribution >= 0.6 is 0 Å². The summed E-state index contributed by atoms with van der Waals surface area (Å²) in [7, 11) is 1.81. The van der Waals surface area contributed by atoms with Crippen LogP contribution in [0.5, 0.6) is 11.8 Å². The first-order valence-electron chi connectivity index (χ1n) is 4.93. The molecule has 1 N–H and O–H groups in total. The van der Waals surface area contributed by atoms with Gasteiger partial charge in [-0.1, -0.05) is 0 Å². The highest BCUT2D eigenvalue weighted by Gasteiger charge is 2.05. The molecule has 0 radical (unpaired) electrons. The van der Waals surface area contributed by atoms with Gasteiger partial charge in [0.25, 0.3) is 0 Å². The molecule has 84 valence electrons. The summed E-state index contributed by atoms with van der Waals surface area (Å²) in [5.74, 6) is 1.13. The van der Waals surface area contributed by atoms with E-state index in [1.807, 2.05) is 20.0 Å². The Morgan fingerprint density at radius 1 is 1.44 bits per heavy atom. The van der Waals surface area contributed by atoms with E-state index >= 15 is 0 Å². The summed E-state index contributed by atoms with van der Waals surface area (Å²) < 4.78 is 7.19. The number of hydrogen-bond donors (Lipinski definition) is 1. The Bertz CT molecular complexity index is 476. The topological polar surface area (TPSA) is 60.2 Å². The van der Waals surface area contributed by atoms with Crippen molar-refractivity contribution in [2.45, 2.75) is 13.5 Å². The van der Waals surface area contributed by atoms with Crippen molar-refractivity contribution >= 4 is 0 Å². The fourth-order valence-electron chi connectivity index (χ4n) is 1.35. The number of nitrogens with zero attached hydrogens (tertiary/aromatic N) is 3. The normalized spacial score (nSPS) is 10.4. The van der Waals surface area contributed by atoms with Crippen LogP contribution in [0.25, 0.3) is 0 Å². The monoisotopic (exact) mass is 219 g/mol. The summed E-state index contributed by atoms with van der Waals surface area (Å²) in [5.41, 5.74) is 1.65. The molecule has 0 saturated heterocycles. The quantitative estimate of drug-likeness (QED) is 0.847. The van der Waals surface area contributed by atoms with E-state index in [1.165, 1.54) is 0 Å². The van der Waals surface area contributed by atoms with Crippen molar-refractivity contribution in [3.8, 4) is 11.8 Å². The molecule has 0 aromatic carbocycles. The first-order chi connectivity index (χ1) is 7.69. The van der Waals surface area contributed by atoms with Crippen LogP contribution in [0.1, 0.15) is 11.3 Å². The fourth-order valence-corrected chi connectivity index (χ4v) is 1.35. The standard InChI is InChI=1S/C11H13N3O2/c1-8-5-11(14(2)13-8)16-10-4-3-9(7-15)6-12-10/h3-6,15H,7H2,1-2H3. The molecule has 2 heterocycles. The van der Waals surface area contributed by atoms with E-state index in [0.29, 0.717) is 11.8 Å². The van der Waals surface area contributed by atoms with Gasteiger partial charge in [0.15, 0.2) is 0 Å². The van der Waals surface area contributed by atoms with Gasteiger partial charge >= 0.3 is 0 Å². The average molecular weight is 219 g/mol. The SMILES string of the molecule is Cc1cc(Oc2ccc(CO)cn2)n(C)n1. The van der Waals surface area contributed by atoms with Gasteiger partial charge in [-0.2, -0.15) is 5.10 Å². The number of ether oxygens (including phenoxy) is 1. The minimum absolute atomic E-state index is 0.0158. The van der Waals surface area contributed by atoms with Gasteiger partial charge in [0.2, 0.25) is 11.8 Å². The number of aromatic nitrogens is 3. The van der Waals surface area contributed by atoms with Gasteiger partial charge in [-0.3, -0.25) is 0 Å². The van der Waals surface area contributed by atoms with Crippen LogP contribution < -0.4 is 4.74 Å². The zero-order valence-electron chi connectivity index (χ0n) is 9.21. The summed E-state index contributed by atoms with van der Waals surface area (Å²) in [5, 5.41) is 13.0.